The molecule has 1 aliphatic heterocycles. The monoisotopic (exact) mass is 209 g/mol. The summed E-state index contributed by atoms with van der Waals surface area (Å²) >= 11 is 1.66. The van der Waals surface area contributed by atoms with Crippen LogP contribution in [0.25, 0.3) is 0 Å². The summed E-state index contributed by atoms with van der Waals surface area (Å²) in [6, 6.07) is 0.0115. The lowest BCUT2D eigenvalue weighted by molar-refractivity contribution is -0.119. The smallest absolute Gasteiger partial charge is 0.230 e. The third kappa shape index (κ3) is 1.43. The van der Waals surface area contributed by atoms with E-state index in [0.717, 1.165) is 23.5 Å². The Kier molecular flexibility index (Phi) is 2.33. The van der Waals surface area contributed by atoms with Crippen molar-refractivity contribution >= 4 is 24.0 Å². The molecule has 0 fully saturated rings. The van der Waals surface area contributed by atoms with Crippen molar-refractivity contribution in [2.45, 2.75) is 26.3 Å². The standard InChI is InChI=1S/C9H11N3OS/c1-6-9(11-7(2)14-6)8-3-4-10-12(8)5-13/h4-5,8H,3H2,1-2H3. The molecule has 0 saturated heterocycles. The van der Waals surface area contributed by atoms with Gasteiger partial charge >= 0.3 is 0 Å². The first kappa shape index (κ1) is 9.33. The lowest BCUT2D eigenvalue weighted by Crippen LogP contribution is -2.18. The zero-order valence-corrected chi connectivity index (χ0v) is 8.91. The second-order valence-corrected chi connectivity index (χ2v) is 4.62. The van der Waals surface area contributed by atoms with Gasteiger partial charge in [0, 0.05) is 17.5 Å². The minimum absolute atomic E-state index is 0.0115. The average Bonchev–Trinajstić information content (AvgIpc) is 2.71. The second kappa shape index (κ2) is 3.49. The van der Waals surface area contributed by atoms with Gasteiger partial charge < -0.3 is 0 Å². The van der Waals surface area contributed by atoms with Gasteiger partial charge in [0.25, 0.3) is 0 Å². The van der Waals surface area contributed by atoms with Crippen LogP contribution in [0.1, 0.15) is 28.0 Å². The molecule has 0 radical (unpaired) electrons. The van der Waals surface area contributed by atoms with Crippen molar-refractivity contribution in [1.82, 2.24) is 9.99 Å². The van der Waals surface area contributed by atoms with E-state index in [0.29, 0.717) is 0 Å². The van der Waals surface area contributed by atoms with Crippen LogP contribution in [0.2, 0.25) is 0 Å². The van der Waals surface area contributed by atoms with Crippen molar-refractivity contribution in [3.05, 3.63) is 15.6 Å². The van der Waals surface area contributed by atoms with E-state index in [-0.39, 0.29) is 6.04 Å². The first-order valence-electron chi connectivity index (χ1n) is 4.42. The number of amides is 1. The van der Waals surface area contributed by atoms with Crippen LogP contribution in [-0.4, -0.2) is 22.6 Å². The minimum Gasteiger partial charge on any atom is -0.277 e. The molecule has 1 aromatic heterocycles. The molecule has 4 nitrogen and oxygen atoms in total. The predicted molar refractivity (Wildman–Crippen MR) is 55.3 cm³/mol. The molecule has 1 amide bonds. The number of hydrogen-bond donors (Lipinski definition) is 0. The first-order chi connectivity index (χ1) is 6.72. The summed E-state index contributed by atoms with van der Waals surface area (Å²) in [5, 5.41) is 6.44. The number of thiazole rings is 1. The van der Waals surface area contributed by atoms with Crippen molar-refractivity contribution in [3.8, 4) is 0 Å². The van der Waals surface area contributed by atoms with Crippen molar-refractivity contribution in [3.63, 3.8) is 0 Å². The molecular weight excluding hydrogens is 198 g/mol. The Morgan fingerprint density at radius 3 is 3.00 bits per heavy atom. The van der Waals surface area contributed by atoms with Crippen LogP contribution in [-0.2, 0) is 4.79 Å². The molecule has 0 spiro atoms. The summed E-state index contributed by atoms with van der Waals surface area (Å²) < 4.78 is 0. The number of carbonyl (C=O) groups is 1. The van der Waals surface area contributed by atoms with E-state index in [1.54, 1.807) is 17.6 Å². The van der Waals surface area contributed by atoms with E-state index < -0.39 is 0 Å². The number of nitrogens with zero attached hydrogens (tertiary/aromatic N) is 3. The second-order valence-electron chi connectivity index (χ2n) is 3.21. The Balaban J connectivity index is 2.31. The van der Waals surface area contributed by atoms with Crippen LogP contribution in [0, 0.1) is 13.8 Å². The van der Waals surface area contributed by atoms with E-state index in [2.05, 4.69) is 10.1 Å². The Morgan fingerprint density at radius 2 is 2.43 bits per heavy atom. The highest BCUT2D eigenvalue weighted by molar-refractivity contribution is 7.11. The Hall–Kier alpha value is -1.23. The molecule has 2 rings (SSSR count). The van der Waals surface area contributed by atoms with Gasteiger partial charge in [0.05, 0.1) is 10.7 Å². The predicted octanol–water partition coefficient (Wildman–Crippen LogP) is 1.65. The molecule has 0 N–H and O–H groups in total. The molecule has 2 heterocycles. The number of carbonyl (C=O) groups excluding carboxylic acids is 1. The molecule has 5 heteroatoms. The third-order valence-electron chi connectivity index (χ3n) is 2.23. The molecule has 0 bridgehead atoms. The fraction of sp³-hybridized carbons (Fsp3) is 0.444. The van der Waals surface area contributed by atoms with Gasteiger partial charge in [0.1, 0.15) is 6.04 Å². The molecule has 74 valence electrons. The fourth-order valence-electron chi connectivity index (χ4n) is 1.62. The Morgan fingerprint density at radius 1 is 1.64 bits per heavy atom. The van der Waals surface area contributed by atoms with E-state index >= 15 is 0 Å². The largest absolute Gasteiger partial charge is 0.277 e. The summed E-state index contributed by atoms with van der Waals surface area (Å²) in [6.45, 7) is 4.00. The van der Waals surface area contributed by atoms with E-state index in [9.17, 15) is 4.79 Å². The minimum atomic E-state index is 0.0115. The fourth-order valence-corrected chi connectivity index (χ4v) is 2.49. The lowest BCUT2D eigenvalue weighted by Gasteiger charge is -2.15. The molecule has 1 aromatic rings. The topological polar surface area (TPSA) is 45.6 Å². The highest BCUT2D eigenvalue weighted by Gasteiger charge is 2.26. The summed E-state index contributed by atoms with van der Waals surface area (Å²) in [7, 11) is 0. The van der Waals surface area contributed by atoms with Gasteiger partial charge in [-0.25, -0.2) is 9.99 Å². The third-order valence-corrected chi connectivity index (χ3v) is 3.13. The lowest BCUT2D eigenvalue weighted by atomic mass is 10.1. The molecule has 1 unspecified atom stereocenters. The maximum absolute atomic E-state index is 10.7. The van der Waals surface area contributed by atoms with Crippen LogP contribution in [0.15, 0.2) is 5.10 Å². The van der Waals surface area contributed by atoms with Crippen molar-refractivity contribution in [2.75, 3.05) is 0 Å². The summed E-state index contributed by atoms with van der Waals surface area (Å²) in [4.78, 5) is 16.3. The van der Waals surface area contributed by atoms with Crippen molar-refractivity contribution in [2.24, 2.45) is 5.10 Å². The van der Waals surface area contributed by atoms with Gasteiger partial charge in [-0.3, -0.25) is 4.79 Å². The number of aryl methyl sites for hydroxylation is 2. The van der Waals surface area contributed by atoms with E-state index in [1.165, 1.54) is 9.89 Å². The molecule has 1 aliphatic rings. The van der Waals surface area contributed by atoms with Crippen molar-refractivity contribution in [1.29, 1.82) is 0 Å². The number of aromatic nitrogens is 1. The summed E-state index contributed by atoms with van der Waals surface area (Å²) in [5.41, 5.74) is 0.983. The van der Waals surface area contributed by atoms with Crippen LogP contribution >= 0.6 is 11.3 Å². The van der Waals surface area contributed by atoms with Gasteiger partial charge in [-0.15, -0.1) is 11.3 Å². The molecular formula is C9H11N3OS. The first-order valence-corrected chi connectivity index (χ1v) is 5.24. The number of hydrazone groups is 1. The van der Waals surface area contributed by atoms with Gasteiger partial charge in [-0.05, 0) is 13.8 Å². The number of rotatable bonds is 2. The zero-order valence-electron chi connectivity index (χ0n) is 8.10. The highest BCUT2D eigenvalue weighted by Crippen LogP contribution is 2.30. The maximum atomic E-state index is 10.7. The van der Waals surface area contributed by atoms with Crippen molar-refractivity contribution < 1.29 is 4.79 Å². The molecule has 0 aliphatic carbocycles. The highest BCUT2D eigenvalue weighted by atomic mass is 32.1. The number of hydrogen-bond acceptors (Lipinski definition) is 4. The average molecular weight is 209 g/mol. The van der Waals surface area contributed by atoms with Crippen LogP contribution in [0.3, 0.4) is 0 Å². The Bertz CT molecular complexity index is 385. The zero-order chi connectivity index (χ0) is 10.1. The molecule has 0 saturated carbocycles. The van der Waals surface area contributed by atoms with E-state index in [4.69, 9.17) is 0 Å². The van der Waals surface area contributed by atoms with Gasteiger partial charge in [-0.1, -0.05) is 0 Å². The molecule has 0 aromatic carbocycles. The van der Waals surface area contributed by atoms with Gasteiger partial charge in [0.2, 0.25) is 6.41 Å². The van der Waals surface area contributed by atoms with Crippen LogP contribution < -0.4 is 0 Å². The van der Waals surface area contributed by atoms with Gasteiger partial charge in [0.15, 0.2) is 0 Å². The SMILES string of the molecule is Cc1nc(C2CC=NN2C=O)c(C)s1. The quantitative estimate of drug-likeness (QED) is 0.695. The maximum Gasteiger partial charge on any atom is 0.230 e. The van der Waals surface area contributed by atoms with Crippen LogP contribution in [0.5, 0.6) is 0 Å². The van der Waals surface area contributed by atoms with E-state index in [1.807, 2.05) is 13.8 Å². The summed E-state index contributed by atoms with van der Waals surface area (Å²) in [5.74, 6) is 0. The Labute approximate surface area is 86.3 Å². The molecule has 14 heavy (non-hydrogen) atoms. The summed E-state index contributed by atoms with van der Waals surface area (Å²) in [6.07, 6.45) is 3.28. The van der Waals surface area contributed by atoms with Crippen LogP contribution in [0.4, 0.5) is 0 Å². The van der Waals surface area contributed by atoms with Gasteiger partial charge in [-0.2, -0.15) is 5.10 Å². The normalized spacial score (nSPS) is 20.4. The molecule has 1 atom stereocenters.